The zero-order valence-corrected chi connectivity index (χ0v) is 26.2. The first-order valence-electron chi connectivity index (χ1n) is 14.2. The van der Waals surface area contributed by atoms with Crippen LogP contribution in [0.5, 0.6) is 5.75 Å². The van der Waals surface area contributed by atoms with Gasteiger partial charge >= 0.3 is 0 Å². The minimum Gasteiger partial charge on any atom is -0.494 e. The van der Waals surface area contributed by atoms with Gasteiger partial charge in [0.15, 0.2) is 5.82 Å². The topological polar surface area (TPSA) is 120 Å². The molecule has 3 saturated carbocycles. The second-order valence-corrected chi connectivity index (χ2v) is 18.8. The fraction of sp³-hybridized carbons (Fsp3) is 0.586. The number of ether oxygens (including phenoxy) is 2. The summed E-state index contributed by atoms with van der Waals surface area (Å²) >= 11 is 0. The number of fused-ring (bicyclic) bond motifs is 1. The van der Waals surface area contributed by atoms with Gasteiger partial charge < -0.3 is 40.6 Å². The van der Waals surface area contributed by atoms with Crippen molar-refractivity contribution in [3.63, 3.8) is 0 Å². The summed E-state index contributed by atoms with van der Waals surface area (Å²) in [5.41, 5.74) is 16.9. The Morgan fingerprint density at radius 1 is 1.10 bits per heavy atom. The second kappa shape index (κ2) is 10.8. The van der Waals surface area contributed by atoms with E-state index in [1.807, 2.05) is 19.3 Å². The average molecular weight is 567 g/mol. The van der Waals surface area contributed by atoms with E-state index in [4.69, 9.17) is 30.9 Å². The Morgan fingerprint density at radius 3 is 2.42 bits per heavy atom. The third kappa shape index (κ3) is 5.59. The highest BCUT2D eigenvalue weighted by atomic mass is 28.3. The van der Waals surface area contributed by atoms with Gasteiger partial charge in [-0.05, 0) is 51.4 Å². The first-order valence-corrected chi connectivity index (χ1v) is 18.0. The summed E-state index contributed by atoms with van der Waals surface area (Å²) in [4.78, 5) is 14.4. The van der Waals surface area contributed by atoms with Crippen molar-refractivity contribution in [2.45, 2.75) is 57.2 Å². The normalized spacial score (nSPS) is 19.9. The largest absolute Gasteiger partial charge is 0.494 e. The molecule has 3 fully saturated rings. The van der Waals surface area contributed by atoms with Gasteiger partial charge in [-0.3, -0.25) is 0 Å². The Balaban J connectivity index is 1.57. The van der Waals surface area contributed by atoms with Crippen LogP contribution in [0.3, 0.4) is 0 Å². The number of rotatable bonds is 13. The zero-order valence-electron chi connectivity index (χ0n) is 25.2. The first-order chi connectivity index (χ1) is 18.9. The standard InChI is InChI=1S/C29H46N8O2Si/c1-35(2)10-11-36(3)21-14-22(38-4)25(31)23(24(21)30)27-32-26(34-29-15-19(16-29)17-29)20-8-9-37(28(20)33-27)18-39-12-13-40(5,6)7/h8-9,14,19H,10-13,15-18,30-31H2,1-7H3,(H,32,33,34). The molecule has 2 aromatic heterocycles. The maximum Gasteiger partial charge on any atom is 0.168 e. The molecule has 0 amide bonds. The molecular formula is C29H46N8O2Si. The third-order valence-corrected chi connectivity index (χ3v) is 10.1. The van der Waals surface area contributed by atoms with Gasteiger partial charge in [0.1, 0.15) is 23.9 Å². The number of hydrogen-bond acceptors (Lipinski definition) is 9. The van der Waals surface area contributed by atoms with E-state index in [-0.39, 0.29) is 5.54 Å². The van der Waals surface area contributed by atoms with Crippen LogP contribution in [-0.4, -0.2) is 81.0 Å². The number of likely N-dealkylation sites (N-methyl/N-ethyl adjacent to an activating group) is 2. The lowest BCUT2D eigenvalue weighted by atomic mass is 9.50. The maximum atomic E-state index is 6.85. The summed E-state index contributed by atoms with van der Waals surface area (Å²) in [6.07, 6.45) is 5.61. The number of nitrogens with two attached hydrogens (primary N) is 2. The summed E-state index contributed by atoms with van der Waals surface area (Å²) in [6.45, 7) is 9.91. The van der Waals surface area contributed by atoms with E-state index in [0.29, 0.717) is 35.2 Å². The lowest BCUT2D eigenvalue weighted by Gasteiger charge is -2.62. The van der Waals surface area contributed by atoms with Gasteiger partial charge in [-0.25, -0.2) is 9.97 Å². The molecular weight excluding hydrogens is 520 g/mol. The van der Waals surface area contributed by atoms with E-state index in [1.54, 1.807) is 7.11 Å². The number of aromatic nitrogens is 3. The van der Waals surface area contributed by atoms with Crippen LogP contribution in [0.1, 0.15) is 19.3 Å². The zero-order chi connectivity index (χ0) is 28.8. The maximum absolute atomic E-state index is 6.85. The van der Waals surface area contributed by atoms with Crippen LogP contribution in [0.4, 0.5) is 22.9 Å². The van der Waals surface area contributed by atoms with Gasteiger partial charge in [-0.1, -0.05) is 19.6 Å². The highest BCUT2D eigenvalue weighted by molar-refractivity contribution is 6.76. The number of nitrogens with one attached hydrogen (secondary N) is 1. The number of methoxy groups -OCH3 is 1. The van der Waals surface area contributed by atoms with Crippen molar-refractivity contribution in [1.82, 2.24) is 19.4 Å². The van der Waals surface area contributed by atoms with Crippen LogP contribution < -0.4 is 26.4 Å². The Hall–Kier alpha value is -3.02. The highest BCUT2D eigenvalue weighted by Gasteiger charge is 2.57. The van der Waals surface area contributed by atoms with Crippen LogP contribution >= 0.6 is 0 Å². The molecule has 0 radical (unpaired) electrons. The van der Waals surface area contributed by atoms with E-state index in [1.165, 1.54) is 19.3 Å². The number of anilines is 4. The average Bonchev–Trinajstić information content (AvgIpc) is 3.24. The molecule has 10 nitrogen and oxygen atoms in total. The Morgan fingerprint density at radius 2 is 1.82 bits per heavy atom. The minimum atomic E-state index is -1.18. The molecule has 1 aromatic carbocycles. The molecule has 0 atom stereocenters. The monoisotopic (exact) mass is 566 g/mol. The fourth-order valence-corrected chi connectivity index (χ4v) is 6.43. The third-order valence-electron chi connectivity index (χ3n) is 8.35. The smallest absolute Gasteiger partial charge is 0.168 e. The molecule has 2 bridgehead atoms. The van der Waals surface area contributed by atoms with Gasteiger partial charge in [0.25, 0.3) is 0 Å². The molecule has 11 heteroatoms. The summed E-state index contributed by atoms with van der Waals surface area (Å²) in [6, 6.07) is 5.09. The molecule has 2 heterocycles. The first kappa shape index (κ1) is 28.5. The van der Waals surface area contributed by atoms with Crippen LogP contribution in [0.15, 0.2) is 18.3 Å². The molecule has 40 heavy (non-hydrogen) atoms. The van der Waals surface area contributed by atoms with Crippen LogP contribution in [0, 0.1) is 5.92 Å². The molecule has 218 valence electrons. The van der Waals surface area contributed by atoms with E-state index in [0.717, 1.165) is 54.2 Å². The summed E-state index contributed by atoms with van der Waals surface area (Å²) < 4.78 is 13.9. The molecule has 0 spiro atoms. The Kier molecular flexibility index (Phi) is 7.66. The van der Waals surface area contributed by atoms with Crippen molar-refractivity contribution in [1.29, 1.82) is 0 Å². The van der Waals surface area contributed by atoms with Crippen molar-refractivity contribution in [3.8, 4) is 17.1 Å². The Bertz CT molecular complexity index is 1370. The van der Waals surface area contributed by atoms with Gasteiger partial charge in [-0.15, -0.1) is 0 Å². The molecule has 3 aliphatic carbocycles. The molecule has 0 unspecified atom stereocenters. The van der Waals surface area contributed by atoms with Crippen LogP contribution in [-0.2, 0) is 11.5 Å². The summed E-state index contributed by atoms with van der Waals surface area (Å²) in [5.74, 6) is 2.71. The molecule has 0 aliphatic heterocycles. The lowest BCUT2D eigenvalue weighted by Crippen LogP contribution is -2.63. The van der Waals surface area contributed by atoms with E-state index in [2.05, 4.69) is 59.5 Å². The summed E-state index contributed by atoms with van der Waals surface area (Å²) in [5, 5.41) is 4.76. The highest BCUT2D eigenvalue weighted by Crippen LogP contribution is 2.58. The number of nitrogens with zero attached hydrogens (tertiary/aromatic N) is 5. The van der Waals surface area contributed by atoms with Gasteiger partial charge in [0, 0.05) is 52.6 Å². The van der Waals surface area contributed by atoms with Crippen molar-refractivity contribution in [2.75, 3.05) is 69.6 Å². The molecule has 3 aliphatic rings. The van der Waals surface area contributed by atoms with Gasteiger partial charge in [0.2, 0.25) is 0 Å². The van der Waals surface area contributed by atoms with E-state index < -0.39 is 8.07 Å². The SMILES string of the molecule is COc1cc(N(C)CCN(C)C)c(N)c(-c2nc(NC34CC(C3)C4)c3ccn(COCC[Si](C)(C)C)c3n2)c1N. The lowest BCUT2D eigenvalue weighted by molar-refractivity contribution is 0.00194. The van der Waals surface area contributed by atoms with Gasteiger partial charge in [0.05, 0.1) is 35.1 Å². The minimum absolute atomic E-state index is 0.141. The molecule has 3 aromatic rings. The fourth-order valence-electron chi connectivity index (χ4n) is 5.67. The van der Waals surface area contributed by atoms with Crippen molar-refractivity contribution < 1.29 is 9.47 Å². The van der Waals surface area contributed by atoms with E-state index in [9.17, 15) is 0 Å². The molecule has 0 saturated heterocycles. The quantitative estimate of drug-likeness (QED) is 0.156. The van der Waals surface area contributed by atoms with Crippen LogP contribution in [0.2, 0.25) is 25.7 Å². The number of benzene rings is 1. The van der Waals surface area contributed by atoms with Gasteiger partial charge in [-0.2, -0.15) is 0 Å². The predicted molar refractivity (Wildman–Crippen MR) is 168 cm³/mol. The van der Waals surface area contributed by atoms with Crippen molar-refractivity contribution in [2.24, 2.45) is 5.92 Å². The molecule has 6 rings (SSSR count). The Labute approximate surface area is 239 Å². The van der Waals surface area contributed by atoms with E-state index >= 15 is 0 Å². The predicted octanol–water partition coefficient (Wildman–Crippen LogP) is 4.55. The van der Waals surface area contributed by atoms with Crippen molar-refractivity contribution >= 4 is 42.0 Å². The number of nitrogen functional groups attached to an aromatic ring is 2. The second-order valence-electron chi connectivity index (χ2n) is 13.2. The number of hydrogen-bond donors (Lipinski definition) is 3. The van der Waals surface area contributed by atoms with Crippen molar-refractivity contribution in [3.05, 3.63) is 18.3 Å². The van der Waals surface area contributed by atoms with Crippen LogP contribution in [0.25, 0.3) is 22.4 Å². The summed E-state index contributed by atoms with van der Waals surface area (Å²) in [7, 11) is 6.58. The molecule has 5 N–H and O–H groups in total.